The molecule has 29 atom stereocenters. The molecule has 0 unspecified atom stereocenters. The van der Waals surface area contributed by atoms with Crippen molar-refractivity contribution in [2.24, 2.45) is 0 Å². The third-order valence-electron chi connectivity index (χ3n) is 12.1. The molecule has 0 aromatic rings. The van der Waals surface area contributed by atoms with E-state index >= 15 is 0 Å². The first-order chi connectivity index (χ1) is 31.7. The highest BCUT2D eigenvalue weighted by Crippen LogP contribution is 2.35. The fourth-order valence-corrected chi connectivity index (χ4v) is 8.01. The summed E-state index contributed by atoms with van der Waals surface area (Å²) in [7, 11) is 0. The summed E-state index contributed by atoms with van der Waals surface area (Å²) in [6.07, 6.45) is -55.6. The Morgan fingerprint density at radius 3 is 1.09 bits per heavy atom. The molecular formula is C36H64O31. The van der Waals surface area contributed by atoms with Crippen LogP contribution in [-0.2, 0) is 47.4 Å². The largest absolute Gasteiger partial charge is 0.394 e. The highest BCUT2D eigenvalue weighted by Gasteiger charge is 2.56. The molecule has 394 valence electrons. The van der Waals surface area contributed by atoms with Gasteiger partial charge in [-0.15, -0.1) is 0 Å². The molecule has 0 saturated carbocycles. The summed E-state index contributed by atoms with van der Waals surface area (Å²) >= 11 is 0. The lowest BCUT2D eigenvalue weighted by Crippen LogP contribution is -2.67. The predicted octanol–water partition coefficient (Wildman–Crippen LogP) is -14.5. The van der Waals surface area contributed by atoms with Gasteiger partial charge in [0.05, 0.1) is 46.2 Å². The molecular weight excluding hydrogens is 928 g/mol. The second-order valence-corrected chi connectivity index (χ2v) is 16.6. The number of ether oxygens (including phenoxy) is 10. The van der Waals surface area contributed by atoms with Crippen LogP contribution < -0.4 is 0 Å². The van der Waals surface area contributed by atoms with Gasteiger partial charge in [-0.05, 0) is 0 Å². The average molecular weight is 993 g/mol. The molecule has 0 aromatic heterocycles. The van der Waals surface area contributed by atoms with Gasteiger partial charge in [0.2, 0.25) is 0 Å². The van der Waals surface area contributed by atoms with Crippen molar-refractivity contribution in [3.63, 3.8) is 0 Å². The SMILES string of the molecule is OC[C@@H](O)[C@@H](O[C@H]1O[C@H](CO)[C@@H](O[C@H]2O[C@H](CO)[C@@H](O[C@H]3O[C@H](CO[C@H]4O[C@H](CO)[C@@H](O[C@H]5O[C@H](CO)[C@@H](O)[C@H](O)[C@H]5O)[C@H](O)[C@H]4O)[C@@H](O)[C@H](O)[C@H]3O)[C@H](O)[C@H]2O)[C@H](O)[C@H]1O)[C@H](O)[C@@H](O)CO. The van der Waals surface area contributed by atoms with E-state index in [1.54, 1.807) is 0 Å². The third-order valence-corrected chi connectivity index (χ3v) is 12.1. The molecule has 0 aliphatic carbocycles. The van der Waals surface area contributed by atoms with Gasteiger partial charge < -0.3 is 155 Å². The highest BCUT2D eigenvalue weighted by atomic mass is 16.8. The number of hydrogen-bond donors (Lipinski definition) is 21. The summed E-state index contributed by atoms with van der Waals surface area (Å²) in [5.74, 6) is 0. The molecule has 31 heteroatoms. The first-order valence-electron chi connectivity index (χ1n) is 21.1. The fourth-order valence-electron chi connectivity index (χ4n) is 8.01. The Hall–Kier alpha value is -1.24. The van der Waals surface area contributed by atoms with Crippen molar-refractivity contribution in [3.8, 4) is 0 Å². The van der Waals surface area contributed by atoms with Crippen LogP contribution in [0.2, 0.25) is 0 Å². The number of aliphatic hydroxyl groups excluding tert-OH is 21. The Morgan fingerprint density at radius 2 is 0.672 bits per heavy atom. The summed E-state index contributed by atoms with van der Waals surface area (Å²) in [5.41, 5.74) is 0. The molecule has 5 aliphatic heterocycles. The van der Waals surface area contributed by atoms with E-state index in [1.807, 2.05) is 0 Å². The van der Waals surface area contributed by atoms with Crippen molar-refractivity contribution >= 4 is 0 Å². The van der Waals surface area contributed by atoms with Crippen molar-refractivity contribution in [1.29, 1.82) is 0 Å². The van der Waals surface area contributed by atoms with Gasteiger partial charge in [0.15, 0.2) is 31.5 Å². The minimum absolute atomic E-state index is 0.822. The second-order valence-electron chi connectivity index (χ2n) is 16.6. The molecule has 5 saturated heterocycles. The molecule has 0 radical (unpaired) electrons. The zero-order valence-electron chi connectivity index (χ0n) is 35.2. The Labute approximate surface area is 378 Å². The van der Waals surface area contributed by atoms with Crippen molar-refractivity contribution in [2.75, 3.05) is 46.2 Å². The normalized spacial score (nSPS) is 48.4. The van der Waals surface area contributed by atoms with E-state index in [1.165, 1.54) is 0 Å². The maximum absolute atomic E-state index is 11.2. The Morgan fingerprint density at radius 1 is 0.343 bits per heavy atom. The molecule has 5 aliphatic rings. The molecule has 0 spiro atoms. The first kappa shape index (κ1) is 56.7. The second kappa shape index (κ2) is 24.9. The Balaban J connectivity index is 1.21. The molecule has 0 amide bonds. The molecule has 5 heterocycles. The van der Waals surface area contributed by atoms with Crippen molar-refractivity contribution in [1.82, 2.24) is 0 Å². The Kier molecular flexibility index (Phi) is 21.1. The van der Waals surface area contributed by atoms with Crippen molar-refractivity contribution in [3.05, 3.63) is 0 Å². The molecule has 0 bridgehead atoms. The van der Waals surface area contributed by atoms with E-state index in [0.29, 0.717) is 0 Å². The van der Waals surface area contributed by atoms with Gasteiger partial charge >= 0.3 is 0 Å². The van der Waals surface area contributed by atoms with Gasteiger partial charge in [-0.1, -0.05) is 0 Å². The van der Waals surface area contributed by atoms with Crippen LogP contribution in [0, 0.1) is 0 Å². The van der Waals surface area contributed by atoms with E-state index in [4.69, 9.17) is 47.4 Å². The van der Waals surface area contributed by atoms with E-state index < -0.39 is 224 Å². The van der Waals surface area contributed by atoms with Crippen LogP contribution in [0.15, 0.2) is 0 Å². The van der Waals surface area contributed by atoms with Crippen molar-refractivity contribution in [2.45, 2.75) is 178 Å². The quantitative estimate of drug-likeness (QED) is 0.0538. The minimum Gasteiger partial charge on any atom is -0.394 e. The average Bonchev–Trinajstić information content (AvgIpc) is 3.32. The van der Waals surface area contributed by atoms with Crippen LogP contribution in [0.4, 0.5) is 0 Å². The zero-order valence-corrected chi connectivity index (χ0v) is 35.2. The predicted molar refractivity (Wildman–Crippen MR) is 201 cm³/mol. The van der Waals surface area contributed by atoms with Gasteiger partial charge in [-0.25, -0.2) is 0 Å². The number of rotatable bonds is 20. The van der Waals surface area contributed by atoms with Crippen molar-refractivity contribution < 1.29 is 155 Å². The van der Waals surface area contributed by atoms with Crippen LogP contribution >= 0.6 is 0 Å². The van der Waals surface area contributed by atoms with Crippen LogP contribution in [0.25, 0.3) is 0 Å². The topological polar surface area (TPSA) is 517 Å². The lowest BCUT2D eigenvalue weighted by Gasteiger charge is -2.48. The molecule has 31 nitrogen and oxygen atoms in total. The summed E-state index contributed by atoms with van der Waals surface area (Å²) < 4.78 is 55.0. The van der Waals surface area contributed by atoms with Gasteiger partial charge in [-0.2, -0.15) is 0 Å². The molecule has 21 N–H and O–H groups in total. The van der Waals surface area contributed by atoms with Gasteiger partial charge in [0.25, 0.3) is 0 Å². The van der Waals surface area contributed by atoms with Crippen LogP contribution in [-0.4, -0.2) is 331 Å². The monoisotopic (exact) mass is 992 g/mol. The highest BCUT2D eigenvalue weighted by molar-refractivity contribution is 4.98. The number of hydrogen-bond acceptors (Lipinski definition) is 31. The van der Waals surface area contributed by atoms with Crippen LogP contribution in [0.1, 0.15) is 0 Å². The zero-order chi connectivity index (χ0) is 49.8. The smallest absolute Gasteiger partial charge is 0.187 e. The van der Waals surface area contributed by atoms with E-state index in [2.05, 4.69) is 0 Å². The van der Waals surface area contributed by atoms with E-state index in [0.717, 1.165) is 0 Å². The van der Waals surface area contributed by atoms with E-state index in [-0.39, 0.29) is 0 Å². The Bertz CT molecular complexity index is 1450. The summed E-state index contributed by atoms with van der Waals surface area (Å²) in [5, 5.41) is 217. The molecule has 67 heavy (non-hydrogen) atoms. The van der Waals surface area contributed by atoms with Gasteiger partial charge in [0, 0.05) is 0 Å². The maximum Gasteiger partial charge on any atom is 0.187 e. The fraction of sp³-hybridized carbons (Fsp3) is 1.00. The molecule has 0 aromatic carbocycles. The maximum atomic E-state index is 11.2. The van der Waals surface area contributed by atoms with Crippen LogP contribution in [0.3, 0.4) is 0 Å². The minimum atomic E-state index is -2.19. The number of aliphatic hydroxyl groups is 21. The van der Waals surface area contributed by atoms with Gasteiger partial charge in [-0.3, -0.25) is 0 Å². The first-order valence-corrected chi connectivity index (χ1v) is 21.1. The van der Waals surface area contributed by atoms with Crippen LogP contribution in [0.5, 0.6) is 0 Å². The lowest BCUT2D eigenvalue weighted by atomic mass is 9.96. The summed E-state index contributed by atoms with van der Waals surface area (Å²) in [6, 6.07) is 0. The standard InChI is InChI=1S/C36H64O31/c37-1-8(43)15(45)28(9(44)2-38)64-35-26(56)21(51)31(12(5-41)61-35)67-36-27(57)22(52)30(13(6-42)62-36)66-34-24(54)19(49)17(47)14(63-34)7-58-32-25(55)20(50)29(11(4-40)60-32)65-33-23(53)18(48)16(46)10(3-39)59-33/h8-57H,1-7H2/t8-,9+,10+,11+,12+,13+,14+,15+,16+,17+,18-,19-,20+,21+,22+,23+,24+,25+,26+,27+,28+,29+,30+,31+,32-,33+,34+,35+,36+/m0/s1. The summed E-state index contributed by atoms with van der Waals surface area (Å²) in [6.45, 7) is -6.73. The molecule has 5 rings (SSSR count). The van der Waals surface area contributed by atoms with Gasteiger partial charge in [0.1, 0.15) is 146 Å². The molecule has 5 fully saturated rings. The lowest BCUT2D eigenvalue weighted by molar-refractivity contribution is -0.385. The van der Waals surface area contributed by atoms with E-state index in [9.17, 15) is 107 Å². The summed E-state index contributed by atoms with van der Waals surface area (Å²) in [4.78, 5) is 0. The third kappa shape index (κ3) is 12.3.